The Morgan fingerprint density at radius 3 is 3.00 bits per heavy atom. The van der Waals surface area contributed by atoms with Crippen LogP contribution in [0, 0.1) is 12.8 Å². The minimum Gasteiger partial charge on any atom is -0.299 e. The number of aromatic nitrogens is 3. The van der Waals surface area contributed by atoms with Gasteiger partial charge in [0.05, 0.1) is 5.69 Å². The van der Waals surface area contributed by atoms with Crippen molar-refractivity contribution in [3.63, 3.8) is 0 Å². The van der Waals surface area contributed by atoms with Crippen molar-refractivity contribution in [1.29, 1.82) is 0 Å². The lowest BCUT2D eigenvalue weighted by atomic mass is 10.2. The van der Waals surface area contributed by atoms with Crippen molar-refractivity contribution in [1.82, 2.24) is 19.7 Å². The van der Waals surface area contributed by atoms with E-state index in [2.05, 4.69) is 28.0 Å². The maximum absolute atomic E-state index is 4.54. The van der Waals surface area contributed by atoms with Crippen LogP contribution in [0.1, 0.15) is 24.6 Å². The molecule has 1 aliphatic rings. The van der Waals surface area contributed by atoms with Gasteiger partial charge in [-0.2, -0.15) is 5.10 Å². The van der Waals surface area contributed by atoms with E-state index in [9.17, 15) is 0 Å². The Bertz CT molecular complexity index is 572. The van der Waals surface area contributed by atoms with Crippen LogP contribution < -0.4 is 0 Å². The molecule has 0 aromatic carbocycles. The smallest absolute Gasteiger partial charge is 0.157 e. The molecule has 4 nitrogen and oxygen atoms in total. The van der Waals surface area contributed by atoms with E-state index in [4.69, 9.17) is 0 Å². The molecule has 0 N–H and O–H groups in total. The second kappa shape index (κ2) is 4.35. The highest BCUT2D eigenvalue weighted by atomic mass is 15.3. The van der Waals surface area contributed by atoms with Gasteiger partial charge in [-0.1, -0.05) is 6.92 Å². The van der Waals surface area contributed by atoms with Gasteiger partial charge in [0, 0.05) is 31.7 Å². The fraction of sp³-hybridized carbons (Fsp3) is 0.571. The van der Waals surface area contributed by atoms with Crippen LogP contribution in [0.4, 0.5) is 0 Å². The molecule has 96 valence electrons. The van der Waals surface area contributed by atoms with E-state index < -0.39 is 0 Å². The van der Waals surface area contributed by atoms with E-state index in [1.54, 1.807) is 0 Å². The number of pyridine rings is 1. The van der Waals surface area contributed by atoms with Crippen LogP contribution in [0.2, 0.25) is 0 Å². The minimum absolute atomic E-state index is 0.835. The molecule has 2 aromatic rings. The van der Waals surface area contributed by atoms with Crippen molar-refractivity contribution in [3.05, 3.63) is 23.5 Å². The summed E-state index contributed by atoms with van der Waals surface area (Å²) in [7, 11) is 1.95. The average molecular weight is 244 g/mol. The summed E-state index contributed by atoms with van der Waals surface area (Å²) in [6.07, 6.45) is 3.31. The number of rotatable bonds is 2. The maximum atomic E-state index is 4.54. The Hall–Kier alpha value is -1.42. The van der Waals surface area contributed by atoms with Gasteiger partial charge in [0.15, 0.2) is 5.65 Å². The van der Waals surface area contributed by atoms with Gasteiger partial charge in [-0.25, -0.2) is 4.98 Å². The molecule has 0 amide bonds. The third kappa shape index (κ3) is 2.01. The van der Waals surface area contributed by atoms with Gasteiger partial charge in [-0.3, -0.25) is 9.58 Å². The summed E-state index contributed by atoms with van der Waals surface area (Å²) >= 11 is 0. The van der Waals surface area contributed by atoms with E-state index in [0.717, 1.165) is 23.8 Å². The van der Waals surface area contributed by atoms with Gasteiger partial charge in [-0.15, -0.1) is 0 Å². The molecule has 1 atom stereocenters. The fourth-order valence-corrected chi connectivity index (χ4v) is 2.87. The predicted molar refractivity (Wildman–Crippen MR) is 72.3 cm³/mol. The van der Waals surface area contributed by atoms with Crippen LogP contribution in [0.5, 0.6) is 0 Å². The highest BCUT2D eigenvalue weighted by Gasteiger charge is 2.19. The molecule has 0 aliphatic carbocycles. The normalized spacial score (nSPS) is 20.9. The zero-order valence-corrected chi connectivity index (χ0v) is 11.3. The van der Waals surface area contributed by atoms with Crippen LogP contribution in [0.3, 0.4) is 0 Å². The van der Waals surface area contributed by atoms with E-state index in [-0.39, 0.29) is 0 Å². The zero-order chi connectivity index (χ0) is 12.7. The maximum Gasteiger partial charge on any atom is 0.157 e. The molecular formula is C14H20N4. The number of hydrogen-bond donors (Lipinski definition) is 0. The van der Waals surface area contributed by atoms with Crippen molar-refractivity contribution in [2.75, 3.05) is 13.1 Å². The third-order valence-corrected chi connectivity index (χ3v) is 3.83. The summed E-state index contributed by atoms with van der Waals surface area (Å²) in [5, 5.41) is 5.60. The summed E-state index contributed by atoms with van der Waals surface area (Å²) in [5.74, 6) is 0.835. The lowest BCUT2D eigenvalue weighted by molar-refractivity contribution is 0.320. The van der Waals surface area contributed by atoms with E-state index >= 15 is 0 Å². The van der Waals surface area contributed by atoms with Crippen molar-refractivity contribution >= 4 is 11.0 Å². The standard InChI is InChI=1S/C14H20N4/c1-10-4-5-18(8-10)9-12-6-13-11(2)16-17(3)14(13)15-7-12/h6-7,10H,4-5,8-9H2,1-3H3. The van der Waals surface area contributed by atoms with Gasteiger partial charge in [0.1, 0.15) is 0 Å². The molecule has 0 saturated carbocycles. The first kappa shape index (κ1) is 11.7. The largest absolute Gasteiger partial charge is 0.299 e. The van der Waals surface area contributed by atoms with Crippen LogP contribution >= 0.6 is 0 Å². The number of aryl methyl sites for hydroxylation is 2. The fourth-order valence-electron chi connectivity index (χ4n) is 2.87. The average Bonchev–Trinajstić information content (AvgIpc) is 2.85. The number of likely N-dealkylation sites (tertiary alicyclic amines) is 1. The van der Waals surface area contributed by atoms with Crippen molar-refractivity contribution < 1.29 is 0 Å². The van der Waals surface area contributed by atoms with Gasteiger partial charge in [0.25, 0.3) is 0 Å². The minimum atomic E-state index is 0.835. The predicted octanol–water partition coefficient (Wildman–Crippen LogP) is 2.12. The van der Waals surface area contributed by atoms with E-state index in [1.165, 1.54) is 30.5 Å². The molecule has 1 saturated heterocycles. The Kier molecular flexibility index (Phi) is 2.82. The van der Waals surface area contributed by atoms with Crippen molar-refractivity contribution in [2.24, 2.45) is 13.0 Å². The lowest BCUT2D eigenvalue weighted by Crippen LogP contribution is -2.19. The highest BCUT2D eigenvalue weighted by Crippen LogP contribution is 2.20. The summed E-state index contributed by atoms with van der Waals surface area (Å²) in [6, 6.07) is 2.24. The van der Waals surface area contributed by atoms with Crippen LogP contribution in [-0.2, 0) is 13.6 Å². The van der Waals surface area contributed by atoms with Crippen molar-refractivity contribution in [3.8, 4) is 0 Å². The molecular weight excluding hydrogens is 224 g/mol. The topological polar surface area (TPSA) is 34.0 Å². The molecule has 1 aliphatic heterocycles. The first-order chi connectivity index (χ1) is 8.63. The second-order valence-electron chi connectivity index (χ2n) is 5.55. The Labute approximate surface area is 108 Å². The lowest BCUT2D eigenvalue weighted by Gasteiger charge is -2.14. The van der Waals surface area contributed by atoms with Gasteiger partial charge >= 0.3 is 0 Å². The Morgan fingerprint density at radius 2 is 2.28 bits per heavy atom. The number of hydrogen-bond acceptors (Lipinski definition) is 3. The van der Waals surface area contributed by atoms with E-state index in [1.807, 2.05) is 24.9 Å². The molecule has 1 unspecified atom stereocenters. The molecule has 4 heteroatoms. The molecule has 0 spiro atoms. The first-order valence-electron chi connectivity index (χ1n) is 6.64. The molecule has 3 heterocycles. The monoisotopic (exact) mass is 244 g/mol. The van der Waals surface area contributed by atoms with Crippen LogP contribution in [0.25, 0.3) is 11.0 Å². The number of fused-ring (bicyclic) bond motifs is 1. The van der Waals surface area contributed by atoms with Gasteiger partial charge < -0.3 is 0 Å². The zero-order valence-electron chi connectivity index (χ0n) is 11.3. The third-order valence-electron chi connectivity index (χ3n) is 3.83. The number of nitrogens with zero attached hydrogens (tertiary/aromatic N) is 4. The molecule has 0 radical (unpaired) electrons. The molecule has 18 heavy (non-hydrogen) atoms. The van der Waals surface area contributed by atoms with Crippen LogP contribution in [0.15, 0.2) is 12.3 Å². The highest BCUT2D eigenvalue weighted by molar-refractivity contribution is 5.78. The second-order valence-corrected chi connectivity index (χ2v) is 5.55. The van der Waals surface area contributed by atoms with Crippen molar-refractivity contribution in [2.45, 2.75) is 26.8 Å². The summed E-state index contributed by atoms with van der Waals surface area (Å²) in [6.45, 7) is 7.81. The SMILES string of the molecule is Cc1nn(C)c2ncc(CN3CCC(C)C3)cc12. The van der Waals surface area contributed by atoms with E-state index in [0.29, 0.717) is 0 Å². The van der Waals surface area contributed by atoms with Gasteiger partial charge in [0.2, 0.25) is 0 Å². The summed E-state index contributed by atoms with van der Waals surface area (Å²) in [4.78, 5) is 7.05. The Morgan fingerprint density at radius 1 is 1.44 bits per heavy atom. The van der Waals surface area contributed by atoms with Crippen LogP contribution in [-0.4, -0.2) is 32.8 Å². The molecule has 1 fully saturated rings. The van der Waals surface area contributed by atoms with Gasteiger partial charge in [-0.05, 0) is 37.4 Å². The quantitative estimate of drug-likeness (QED) is 0.811. The molecule has 0 bridgehead atoms. The first-order valence-corrected chi connectivity index (χ1v) is 6.64. The Balaban J connectivity index is 1.87. The molecule has 3 rings (SSSR count). The molecule has 2 aromatic heterocycles. The summed E-state index contributed by atoms with van der Waals surface area (Å²) < 4.78 is 1.85. The summed E-state index contributed by atoms with van der Waals surface area (Å²) in [5.41, 5.74) is 3.34.